The summed E-state index contributed by atoms with van der Waals surface area (Å²) in [4.78, 5) is 0. The van der Waals surface area contributed by atoms with Crippen molar-refractivity contribution in [2.45, 2.75) is 13.3 Å². The molecule has 0 nitrogen and oxygen atoms in total. The van der Waals surface area contributed by atoms with Crippen LogP contribution in [-0.2, 0) is 53.8 Å². The summed E-state index contributed by atoms with van der Waals surface area (Å²) >= 11 is 0. The van der Waals surface area contributed by atoms with Crippen molar-refractivity contribution in [1.82, 2.24) is 0 Å². The second-order valence-electron chi connectivity index (χ2n) is 0.500. The quantitative estimate of drug-likeness (QED) is 0.590. The Morgan fingerprint density at radius 2 is 1.29 bits per heavy atom. The molecule has 0 aromatic heterocycles. The fraction of sp³-hybridized carbons (Fsp3) is 0.400. The fourth-order valence-corrected chi connectivity index (χ4v) is 0. The van der Waals surface area contributed by atoms with E-state index in [0.29, 0.717) is 0 Å². The van der Waals surface area contributed by atoms with Crippen molar-refractivity contribution >= 4 is 0 Å². The van der Waals surface area contributed by atoms with E-state index in [2.05, 4.69) is 6.92 Å². The molecular formula is C5H13WY-3. The van der Waals surface area contributed by atoms with E-state index in [1.165, 1.54) is 0 Å². The van der Waals surface area contributed by atoms with Crippen LogP contribution in [0.3, 0.4) is 0 Å². The van der Waals surface area contributed by atoms with Crippen LogP contribution in [0.5, 0.6) is 0 Å². The van der Waals surface area contributed by atoms with Crippen molar-refractivity contribution in [3.8, 4) is 0 Å². The van der Waals surface area contributed by atoms with Gasteiger partial charge in [-0.3, -0.25) is 0 Å². The van der Waals surface area contributed by atoms with Gasteiger partial charge in [-0.25, -0.2) is 0 Å². The minimum absolute atomic E-state index is 0. The normalized spacial score (nSPS) is 2.57. The van der Waals surface area contributed by atoms with E-state index in [0.717, 1.165) is 6.42 Å². The number of rotatable bonds is 0. The van der Waals surface area contributed by atoms with E-state index in [9.17, 15) is 0 Å². The van der Waals surface area contributed by atoms with Crippen molar-refractivity contribution in [2.75, 3.05) is 0 Å². The molecule has 0 bridgehead atoms. The first-order chi connectivity index (χ1) is 1.41. The molecule has 0 aromatic carbocycles. The molecule has 2 heteroatoms. The monoisotopic (exact) mass is 346 g/mol. The van der Waals surface area contributed by atoms with Gasteiger partial charge in [0.25, 0.3) is 0 Å². The fourth-order valence-electron chi connectivity index (χ4n) is 0. The molecule has 0 aliphatic carbocycles. The van der Waals surface area contributed by atoms with Gasteiger partial charge in [-0.2, -0.15) is 6.42 Å². The van der Waals surface area contributed by atoms with Crippen molar-refractivity contribution in [3.05, 3.63) is 21.8 Å². The first-order valence-corrected chi connectivity index (χ1v) is 1.21. The molecule has 45 valence electrons. The van der Waals surface area contributed by atoms with Crippen LogP contribution in [0.4, 0.5) is 0 Å². The maximum absolute atomic E-state index is 3.49. The molecule has 0 rings (SSSR count). The third-order valence-corrected chi connectivity index (χ3v) is 0. The second kappa shape index (κ2) is 46.1. The van der Waals surface area contributed by atoms with Crippen LogP contribution < -0.4 is 0 Å². The Labute approximate surface area is 88.0 Å². The zero-order chi connectivity index (χ0) is 2.71. The van der Waals surface area contributed by atoms with Crippen molar-refractivity contribution in [2.24, 2.45) is 0 Å². The summed E-state index contributed by atoms with van der Waals surface area (Å²) in [7, 11) is 0. The Balaban J connectivity index is -0.00000000333. The van der Waals surface area contributed by atoms with Crippen LogP contribution in [0.15, 0.2) is 0 Å². The van der Waals surface area contributed by atoms with Gasteiger partial charge in [-0.15, -0.1) is 0 Å². The molecule has 0 unspecified atom stereocenters. The van der Waals surface area contributed by atoms with Gasteiger partial charge >= 0.3 is 0 Å². The summed E-state index contributed by atoms with van der Waals surface area (Å²) in [5.74, 6) is 0. The van der Waals surface area contributed by atoms with Crippen LogP contribution in [0.25, 0.3) is 0 Å². The molecule has 0 saturated carbocycles. The van der Waals surface area contributed by atoms with Crippen LogP contribution in [-0.4, -0.2) is 0 Å². The van der Waals surface area contributed by atoms with Gasteiger partial charge in [0.15, 0.2) is 0 Å². The van der Waals surface area contributed by atoms with E-state index < -0.39 is 0 Å². The maximum atomic E-state index is 3.49. The van der Waals surface area contributed by atoms with E-state index in [1.54, 1.807) is 0 Å². The summed E-state index contributed by atoms with van der Waals surface area (Å²) in [5.41, 5.74) is 0. The van der Waals surface area contributed by atoms with Gasteiger partial charge in [0.2, 0.25) is 0 Å². The summed E-state index contributed by atoms with van der Waals surface area (Å²) < 4.78 is 0. The average molecular weight is 346 g/mol. The van der Waals surface area contributed by atoms with Gasteiger partial charge < -0.3 is 21.8 Å². The molecule has 0 aliphatic heterocycles. The molecule has 0 heterocycles. The third kappa shape index (κ3) is 81.4. The number of hydrogen-bond acceptors (Lipinski definition) is 0. The first kappa shape index (κ1) is 37.1. The van der Waals surface area contributed by atoms with E-state index in [4.69, 9.17) is 0 Å². The molecular weight excluding hydrogens is 333 g/mol. The van der Waals surface area contributed by atoms with Gasteiger partial charge in [0, 0.05) is 53.8 Å². The smallest absolute Gasteiger partial charge is 0 e. The third-order valence-electron chi connectivity index (χ3n) is 0. The molecule has 0 aromatic rings. The number of hydrogen-bond donors (Lipinski definition) is 0. The SMILES string of the molecule is [CH2-]CC.[CH3-].[CH3-].[W].[Y]. The Morgan fingerprint density at radius 1 is 1.29 bits per heavy atom. The van der Waals surface area contributed by atoms with Crippen LogP contribution >= 0.6 is 0 Å². The largest absolute Gasteiger partial charge is 0.358 e. The maximum Gasteiger partial charge on any atom is 0 e. The van der Waals surface area contributed by atoms with Crippen molar-refractivity contribution in [3.63, 3.8) is 0 Å². The minimum Gasteiger partial charge on any atom is -0.358 e. The predicted molar refractivity (Wildman–Crippen MR) is 28.5 cm³/mol. The molecule has 0 spiro atoms. The van der Waals surface area contributed by atoms with Gasteiger partial charge in [0.1, 0.15) is 0 Å². The van der Waals surface area contributed by atoms with Crippen LogP contribution in [0.1, 0.15) is 13.3 Å². The van der Waals surface area contributed by atoms with Crippen molar-refractivity contribution < 1.29 is 53.8 Å². The van der Waals surface area contributed by atoms with Crippen LogP contribution in [0.2, 0.25) is 0 Å². The molecule has 0 atom stereocenters. The molecule has 0 N–H and O–H groups in total. The zero-order valence-corrected chi connectivity index (χ0v) is 11.2. The van der Waals surface area contributed by atoms with E-state index in [-0.39, 0.29) is 68.6 Å². The van der Waals surface area contributed by atoms with Crippen molar-refractivity contribution in [1.29, 1.82) is 0 Å². The Bertz CT molecular complexity index is 8.04. The standard InChI is InChI=1S/C3H7.2CH3.W.Y/c1-3-2;;;;/h1,3H2,2H3;2*1H3;;/q3*-1;;. The Kier molecular flexibility index (Phi) is 245. The molecule has 0 saturated heterocycles. The predicted octanol–water partition coefficient (Wildman–Crippen LogP) is 2.13. The van der Waals surface area contributed by atoms with Gasteiger partial charge in [-0.05, 0) is 0 Å². The Hall–Kier alpha value is 1.79. The Morgan fingerprint density at radius 3 is 1.29 bits per heavy atom. The summed E-state index contributed by atoms with van der Waals surface area (Å²) in [5, 5.41) is 0. The average Bonchev–Trinajstić information content (AvgIpc) is 0.918. The second-order valence-corrected chi connectivity index (χ2v) is 0.500. The van der Waals surface area contributed by atoms with Gasteiger partial charge in [0.05, 0.1) is 0 Å². The first-order valence-electron chi connectivity index (χ1n) is 1.21. The molecule has 0 fully saturated rings. The van der Waals surface area contributed by atoms with E-state index in [1.807, 2.05) is 6.92 Å². The molecule has 0 aliphatic rings. The molecule has 0 amide bonds. The molecule has 1 radical (unpaired) electrons. The minimum atomic E-state index is 0. The van der Waals surface area contributed by atoms with Crippen LogP contribution in [0, 0.1) is 21.8 Å². The summed E-state index contributed by atoms with van der Waals surface area (Å²) in [6, 6.07) is 0. The summed E-state index contributed by atoms with van der Waals surface area (Å²) in [6.07, 6.45) is 1.00. The zero-order valence-electron chi connectivity index (χ0n) is 5.40. The molecule has 7 heavy (non-hydrogen) atoms. The topological polar surface area (TPSA) is 0 Å². The van der Waals surface area contributed by atoms with E-state index >= 15 is 0 Å². The van der Waals surface area contributed by atoms with Gasteiger partial charge in [-0.1, -0.05) is 6.92 Å². The summed E-state index contributed by atoms with van der Waals surface area (Å²) in [6.45, 7) is 5.50.